The summed E-state index contributed by atoms with van der Waals surface area (Å²) in [4.78, 5) is 18.6. The van der Waals surface area contributed by atoms with Crippen molar-refractivity contribution in [3.63, 3.8) is 0 Å². The molecule has 164 valence electrons. The van der Waals surface area contributed by atoms with Crippen LogP contribution in [0.15, 0.2) is 48.5 Å². The van der Waals surface area contributed by atoms with E-state index in [1.54, 1.807) is 6.07 Å². The van der Waals surface area contributed by atoms with Gasteiger partial charge in [0, 0.05) is 37.2 Å². The third kappa shape index (κ3) is 3.82. The van der Waals surface area contributed by atoms with Crippen LogP contribution in [0.2, 0.25) is 0 Å². The molecule has 1 saturated heterocycles. The van der Waals surface area contributed by atoms with Gasteiger partial charge >= 0.3 is 0 Å². The van der Waals surface area contributed by atoms with Crippen LogP contribution in [0.4, 0.5) is 5.82 Å². The molecule has 2 aromatic carbocycles. The van der Waals surface area contributed by atoms with E-state index >= 15 is 0 Å². The molecule has 1 aromatic heterocycles. The molecule has 7 heteroatoms. The minimum Gasteiger partial charge on any atom is -0.507 e. The number of carbonyl (C=O) groups excluding carboxylic acids is 1. The van der Waals surface area contributed by atoms with E-state index in [9.17, 15) is 9.90 Å². The van der Waals surface area contributed by atoms with Crippen LogP contribution < -0.4 is 19.7 Å². The van der Waals surface area contributed by atoms with Crippen LogP contribution in [0.1, 0.15) is 18.9 Å². The van der Waals surface area contributed by atoms with Gasteiger partial charge in [0.25, 0.3) is 0 Å². The van der Waals surface area contributed by atoms with Gasteiger partial charge in [-0.05, 0) is 49.2 Å². The first-order valence-electron chi connectivity index (χ1n) is 10.7. The van der Waals surface area contributed by atoms with Gasteiger partial charge in [0.05, 0.1) is 5.69 Å². The summed E-state index contributed by atoms with van der Waals surface area (Å²) in [5, 5.41) is 13.6. The molecule has 2 aliphatic rings. The van der Waals surface area contributed by atoms with Crippen molar-refractivity contribution in [1.82, 2.24) is 10.3 Å². The monoisotopic (exact) mass is 431 g/mol. The number of benzene rings is 2. The highest BCUT2D eigenvalue weighted by atomic mass is 16.7. The number of anilines is 1. The number of fused-ring (bicyclic) bond motifs is 1. The highest BCUT2D eigenvalue weighted by Crippen LogP contribution is 2.43. The topological polar surface area (TPSA) is 83.9 Å². The summed E-state index contributed by atoms with van der Waals surface area (Å²) in [6.07, 6.45) is 0.855. The fourth-order valence-corrected chi connectivity index (χ4v) is 4.36. The smallest absolute Gasteiger partial charge is 0.231 e. The molecule has 1 fully saturated rings. The number of hydrogen-bond donors (Lipinski definition) is 2. The van der Waals surface area contributed by atoms with Crippen LogP contribution in [0, 0.1) is 6.92 Å². The number of hydrogen-bond acceptors (Lipinski definition) is 6. The van der Waals surface area contributed by atoms with Gasteiger partial charge in [-0.3, -0.25) is 4.79 Å². The Labute approximate surface area is 186 Å². The molecule has 5 rings (SSSR count). The number of phenolic OH excluding ortho intramolecular Hbond substituents is 1. The van der Waals surface area contributed by atoms with Gasteiger partial charge in [0.15, 0.2) is 11.5 Å². The molecule has 3 aromatic rings. The Hall–Kier alpha value is -3.74. The van der Waals surface area contributed by atoms with Crippen molar-refractivity contribution in [2.75, 3.05) is 24.8 Å². The maximum Gasteiger partial charge on any atom is 0.231 e. The van der Waals surface area contributed by atoms with Gasteiger partial charge in [-0.15, -0.1) is 0 Å². The minimum atomic E-state index is -0.0269. The normalized spacial score (nSPS) is 16.9. The molecule has 0 aliphatic carbocycles. The molecule has 7 nitrogen and oxygen atoms in total. The molecule has 0 radical (unpaired) electrons. The predicted molar refractivity (Wildman–Crippen MR) is 122 cm³/mol. The van der Waals surface area contributed by atoms with E-state index in [1.807, 2.05) is 49.4 Å². The van der Waals surface area contributed by atoms with Crippen molar-refractivity contribution in [2.45, 2.75) is 26.3 Å². The molecular formula is C25H25N3O4. The largest absolute Gasteiger partial charge is 0.507 e. The fourth-order valence-electron chi connectivity index (χ4n) is 4.36. The summed E-state index contributed by atoms with van der Waals surface area (Å²) in [6, 6.07) is 15.4. The van der Waals surface area contributed by atoms with Crippen LogP contribution in [-0.4, -0.2) is 41.9 Å². The van der Waals surface area contributed by atoms with E-state index in [-0.39, 0.29) is 24.5 Å². The Bertz CT molecular complexity index is 1190. The lowest BCUT2D eigenvalue weighted by Crippen LogP contribution is -2.35. The van der Waals surface area contributed by atoms with Crippen LogP contribution in [-0.2, 0) is 4.79 Å². The Morgan fingerprint density at radius 3 is 2.88 bits per heavy atom. The van der Waals surface area contributed by atoms with Crippen molar-refractivity contribution in [3.8, 4) is 39.6 Å². The number of aryl methyl sites for hydroxylation is 1. The summed E-state index contributed by atoms with van der Waals surface area (Å²) in [7, 11) is 0. The van der Waals surface area contributed by atoms with Crippen molar-refractivity contribution >= 4 is 11.7 Å². The summed E-state index contributed by atoms with van der Waals surface area (Å²) in [5.74, 6) is 2.37. The average Bonchev–Trinajstić information content (AvgIpc) is 3.44. The molecule has 1 atom stereocenters. The third-order valence-electron chi connectivity index (χ3n) is 5.87. The number of amides is 1. The summed E-state index contributed by atoms with van der Waals surface area (Å²) in [5.41, 5.74) is 4.23. The van der Waals surface area contributed by atoms with Crippen LogP contribution >= 0.6 is 0 Å². The summed E-state index contributed by atoms with van der Waals surface area (Å²) >= 11 is 0. The van der Waals surface area contributed by atoms with Gasteiger partial charge in [0.2, 0.25) is 12.7 Å². The summed E-state index contributed by atoms with van der Waals surface area (Å²) in [6.45, 7) is 5.19. The van der Waals surface area contributed by atoms with E-state index in [1.165, 1.54) is 6.92 Å². The van der Waals surface area contributed by atoms with E-state index in [2.05, 4.69) is 10.2 Å². The summed E-state index contributed by atoms with van der Waals surface area (Å²) < 4.78 is 11.3. The molecular weight excluding hydrogens is 406 g/mol. The Morgan fingerprint density at radius 1 is 1.16 bits per heavy atom. The number of aromatic nitrogens is 1. The number of para-hydroxylation sites is 1. The molecule has 2 N–H and O–H groups in total. The van der Waals surface area contributed by atoms with Crippen LogP contribution in [0.5, 0.6) is 17.2 Å². The molecule has 32 heavy (non-hydrogen) atoms. The number of rotatable bonds is 4. The van der Waals surface area contributed by atoms with E-state index in [0.29, 0.717) is 29.3 Å². The quantitative estimate of drug-likeness (QED) is 0.652. The van der Waals surface area contributed by atoms with Crippen molar-refractivity contribution < 1.29 is 19.4 Å². The van der Waals surface area contributed by atoms with Crippen molar-refractivity contribution in [3.05, 3.63) is 54.1 Å². The van der Waals surface area contributed by atoms with Gasteiger partial charge in [-0.25, -0.2) is 4.98 Å². The first-order valence-corrected chi connectivity index (χ1v) is 10.7. The fraction of sp³-hybridized carbons (Fsp3) is 0.280. The second kappa shape index (κ2) is 8.07. The van der Waals surface area contributed by atoms with Crippen molar-refractivity contribution in [2.24, 2.45) is 0 Å². The van der Waals surface area contributed by atoms with E-state index < -0.39 is 0 Å². The number of carbonyl (C=O) groups is 1. The highest BCUT2D eigenvalue weighted by Gasteiger charge is 2.26. The highest BCUT2D eigenvalue weighted by molar-refractivity contribution is 5.81. The Morgan fingerprint density at radius 2 is 2.03 bits per heavy atom. The zero-order chi connectivity index (χ0) is 22.2. The average molecular weight is 431 g/mol. The van der Waals surface area contributed by atoms with Crippen LogP contribution in [0.3, 0.4) is 0 Å². The number of pyridine rings is 1. The lowest BCUT2D eigenvalue weighted by atomic mass is 10.0. The minimum absolute atomic E-state index is 0.0269. The zero-order valence-corrected chi connectivity index (χ0v) is 18.1. The predicted octanol–water partition coefficient (Wildman–Crippen LogP) is 3.87. The molecule has 2 aliphatic heterocycles. The van der Waals surface area contributed by atoms with Gasteiger partial charge in [0.1, 0.15) is 11.6 Å². The first-order chi connectivity index (χ1) is 15.5. The number of aromatic hydroxyl groups is 1. The Balaban J connectivity index is 1.61. The zero-order valence-electron chi connectivity index (χ0n) is 18.1. The van der Waals surface area contributed by atoms with Gasteiger partial charge in [-0.2, -0.15) is 0 Å². The van der Waals surface area contributed by atoms with Crippen LogP contribution in [0.25, 0.3) is 22.4 Å². The first kappa shape index (κ1) is 20.2. The maximum atomic E-state index is 11.5. The molecule has 1 unspecified atom stereocenters. The van der Waals surface area contributed by atoms with Crippen molar-refractivity contribution in [1.29, 1.82) is 0 Å². The number of ether oxygens (including phenoxy) is 2. The molecule has 0 bridgehead atoms. The van der Waals surface area contributed by atoms with E-state index in [4.69, 9.17) is 14.5 Å². The number of nitrogens with one attached hydrogen (secondary N) is 1. The van der Waals surface area contributed by atoms with Gasteiger partial charge in [-0.1, -0.05) is 23.8 Å². The lowest BCUT2D eigenvalue weighted by Gasteiger charge is -2.20. The molecule has 1 amide bonds. The standard InChI is InChI=1S/C25H25N3O4/c1-15-6-7-22(30)20(10-15)21-11-17(19-4-3-5-23-25(19)32-14-31-23)12-24(27-21)28-9-8-18(13-28)26-16(2)29/h3-7,10-12,18,30H,8-9,13-14H2,1-2H3,(H,26,29). The SMILES string of the molecule is CC(=O)NC1CCN(c2cc(-c3cccc4c3OCO4)cc(-c3cc(C)ccc3O)n2)C1. The molecule has 3 heterocycles. The Kier molecular flexibility index (Phi) is 5.09. The molecule has 0 spiro atoms. The van der Waals surface area contributed by atoms with Gasteiger partial charge < -0.3 is 24.8 Å². The third-order valence-corrected chi connectivity index (χ3v) is 5.87. The second-order valence-corrected chi connectivity index (χ2v) is 8.29. The van der Waals surface area contributed by atoms with E-state index in [0.717, 1.165) is 35.5 Å². The molecule has 0 saturated carbocycles. The maximum absolute atomic E-state index is 11.5. The number of phenols is 1. The lowest BCUT2D eigenvalue weighted by molar-refractivity contribution is -0.119. The second-order valence-electron chi connectivity index (χ2n) is 8.29. The number of nitrogens with zero attached hydrogens (tertiary/aromatic N) is 2.